The van der Waals surface area contributed by atoms with E-state index >= 15 is 0 Å². The molecule has 9 nitrogen and oxygen atoms in total. The molecule has 10 heteroatoms. The largest absolute Gasteiger partial charge is 0.392 e. The predicted octanol–water partition coefficient (Wildman–Crippen LogP) is 5.41. The lowest BCUT2D eigenvalue weighted by Gasteiger charge is -2.56. The Labute approximate surface area is 257 Å². The third kappa shape index (κ3) is 6.48. The maximum absolute atomic E-state index is 12.9. The number of aliphatic hydroxyl groups is 1. The maximum Gasteiger partial charge on any atom is 0.315 e. The normalized spacial score (nSPS) is 31.2. The molecule has 1 saturated heterocycles. The molecule has 43 heavy (non-hydrogen) atoms. The number of thioether (sulfide) groups is 1. The molecule has 8 rings (SSSR count). The van der Waals surface area contributed by atoms with E-state index in [9.17, 15) is 9.90 Å². The molecule has 1 aromatic heterocycles. The summed E-state index contributed by atoms with van der Waals surface area (Å²) in [6.07, 6.45) is 9.20. The number of carbonyl (C=O) groups is 1. The Balaban J connectivity index is 0.984. The first-order valence-electron chi connectivity index (χ1n) is 15.6. The molecule has 1 aliphatic heterocycles. The number of amides is 2. The van der Waals surface area contributed by atoms with E-state index in [0.717, 1.165) is 70.2 Å². The molecule has 3 unspecified atom stereocenters. The fourth-order valence-corrected chi connectivity index (χ4v) is 9.02. The summed E-state index contributed by atoms with van der Waals surface area (Å²) >= 11 is 1.62. The maximum atomic E-state index is 12.9. The highest BCUT2D eigenvalue weighted by atomic mass is 32.2. The van der Waals surface area contributed by atoms with Gasteiger partial charge in [-0.3, -0.25) is 0 Å². The zero-order valence-electron chi connectivity index (χ0n) is 24.7. The number of ether oxygens (including phenoxy) is 2. The van der Waals surface area contributed by atoms with Gasteiger partial charge in [0.1, 0.15) is 6.33 Å². The van der Waals surface area contributed by atoms with Crippen molar-refractivity contribution in [2.45, 2.75) is 87.3 Å². The number of benzene rings is 2. The van der Waals surface area contributed by atoms with Crippen LogP contribution >= 0.6 is 11.8 Å². The van der Waals surface area contributed by atoms with E-state index in [2.05, 4.69) is 20.8 Å². The van der Waals surface area contributed by atoms with Crippen molar-refractivity contribution < 1.29 is 19.4 Å². The molecular formula is C33H41N5O4S. The Kier molecular flexibility index (Phi) is 8.20. The number of urea groups is 1. The molecule has 2 amide bonds. The number of carbonyl (C=O) groups excluding carboxylic acids is 1. The fraction of sp³-hybridized carbons (Fsp3) is 0.545. The van der Waals surface area contributed by atoms with E-state index in [1.165, 1.54) is 19.3 Å². The van der Waals surface area contributed by atoms with Gasteiger partial charge in [0.15, 0.2) is 11.4 Å². The number of nitrogens with zero attached hydrogens (tertiary/aromatic N) is 3. The molecular weight excluding hydrogens is 562 g/mol. The average Bonchev–Trinajstić information content (AvgIpc) is 3.42. The van der Waals surface area contributed by atoms with Crippen LogP contribution < -0.4 is 10.6 Å². The van der Waals surface area contributed by atoms with Gasteiger partial charge in [-0.05, 0) is 73.0 Å². The number of aromatic nitrogens is 3. The molecule has 3 N–H and O–H groups in total. The second-order valence-electron chi connectivity index (χ2n) is 13.1. The van der Waals surface area contributed by atoms with Crippen molar-refractivity contribution >= 4 is 17.8 Å². The van der Waals surface area contributed by atoms with Gasteiger partial charge >= 0.3 is 6.03 Å². The lowest BCUT2D eigenvalue weighted by Crippen LogP contribution is -2.61. The summed E-state index contributed by atoms with van der Waals surface area (Å²) in [6, 6.07) is 16.0. The minimum Gasteiger partial charge on any atom is -0.392 e. The van der Waals surface area contributed by atoms with Gasteiger partial charge in [-0.1, -0.05) is 60.3 Å². The molecule has 4 saturated carbocycles. The van der Waals surface area contributed by atoms with Crippen LogP contribution in [0.4, 0.5) is 4.79 Å². The third-order valence-electron chi connectivity index (χ3n) is 9.81. The zero-order chi connectivity index (χ0) is 29.4. The Morgan fingerprint density at radius 3 is 2.23 bits per heavy atom. The number of nitrogens with one attached hydrogen (secondary N) is 2. The van der Waals surface area contributed by atoms with Gasteiger partial charge in [0.05, 0.1) is 18.8 Å². The summed E-state index contributed by atoms with van der Waals surface area (Å²) in [6.45, 7) is 0.487. The highest BCUT2D eigenvalue weighted by molar-refractivity contribution is 7.99. The molecule has 0 spiro atoms. The molecule has 0 radical (unpaired) electrons. The summed E-state index contributed by atoms with van der Waals surface area (Å²) in [5, 5.41) is 25.0. The van der Waals surface area contributed by atoms with Gasteiger partial charge in [-0.2, -0.15) is 0 Å². The minimum absolute atomic E-state index is 0.00887. The molecule has 3 atom stereocenters. The lowest BCUT2D eigenvalue weighted by molar-refractivity contribution is -0.245. The van der Waals surface area contributed by atoms with Crippen LogP contribution in [0.25, 0.3) is 0 Å². The number of aliphatic hydroxyl groups excluding tert-OH is 1. The van der Waals surface area contributed by atoms with Crippen LogP contribution in [0.3, 0.4) is 0 Å². The average molecular weight is 604 g/mol. The van der Waals surface area contributed by atoms with Gasteiger partial charge < -0.3 is 29.8 Å². The Morgan fingerprint density at radius 1 is 0.953 bits per heavy atom. The second kappa shape index (κ2) is 12.2. The first-order valence-corrected chi connectivity index (χ1v) is 16.5. The SMILES string of the molecule is Cn1cnnc1SCC1CC(c2ccc(CO)cc2)OC(c2ccc(CNC(=O)NC34CC5CC(CC(C5)C3)C4)cc2)O1. The minimum atomic E-state index is -0.525. The van der Waals surface area contributed by atoms with Crippen LogP contribution in [0, 0.1) is 17.8 Å². The predicted molar refractivity (Wildman–Crippen MR) is 163 cm³/mol. The molecule has 4 bridgehead atoms. The van der Waals surface area contributed by atoms with Crippen molar-refractivity contribution in [2.24, 2.45) is 24.8 Å². The Morgan fingerprint density at radius 2 is 1.60 bits per heavy atom. The van der Waals surface area contributed by atoms with Crippen molar-refractivity contribution in [2.75, 3.05) is 5.75 Å². The summed E-state index contributed by atoms with van der Waals surface area (Å²) in [4.78, 5) is 12.9. The first-order chi connectivity index (χ1) is 20.9. The third-order valence-corrected chi connectivity index (χ3v) is 11.0. The molecule has 2 aromatic carbocycles. The van der Waals surface area contributed by atoms with Crippen molar-refractivity contribution in [3.8, 4) is 0 Å². The van der Waals surface area contributed by atoms with Crippen molar-refractivity contribution in [1.29, 1.82) is 0 Å². The van der Waals surface area contributed by atoms with Crippen LogP contribution in [0.1, 0.15) is 79.6 Å². The van der Waals surface area contributed by atoms with E-state index in [-0.39, 0.29) is 30.4 Å². The van der Waals surface area contributed by atoms with Crippen LogP contribution in [-0.4, -0.2) is 43.3 Å². The smallest absolute Gasteiger partial charge is 0.315 e. The van der Waals surface area contributed by atoms with Crippen molar-refractivity contribution in [1.82, 2.24) is 25.4 Å². The van der Waals surface area contributed by atoms with E-state index in [1.54, 1.807) is 18.1 Å². The van der Waals surface area contributed by atoms with Gasteiger partial charge in [0.25, 0.3) is 0 Å². The fourth-order valence-electron chi connectivity index (χ4n) is 8.12. The second-order valence-corrected chi connectivity index (χ2v) is 14.1. The lowest BCUT2D eigenvalue weighted by atomic mass is 9.53. The van der Waals surface area contributed by atoms with Gasteiger partial charge in [-0.25, -0.2) is 4.79 Å². The summed E-state index contributed by atoms with van der Waals surface area (Å²) in [5.74, 6) is 3.12. The van der Waals surface area contributed by atoms with Crippen molar-refractivity contribution in [3.63, 3.8) is 0 Å². The zero-order valence-corrected chi connectivity index (χ0v) is 25.5. The van der Waals surface area contributed by atoms with Gasteiger partial charge in [-0.15, -0.1) is 10.2 Å². The molecule has 4 aliphatic carbocycles. The molecule has 5 aliphatic rings. The first kappa shape index (κ1) is 28.8. The molecule has 228 valence electrons. The van der Waals surface area contributed by atoms with Gasteiger partial charge in [0, 0.05) is 36.9 Å². The van der Waals surface area contributed by atoms with Crippen molar-refractivity contribution in [3.05, 3.63) is 77.1 Å². The monoisotopic (exact) mass is 603 g/mol. The topological polar surface area (TPSA) is 111 Å². The van der Waals surface area contributed by atoms with Crippen LogP contribution in [0.2, 0.25) is 0 Å². The van der Waals surface area contributed by atoms with Crippen LogP contribution in [-0.2, 0) is 29.7 Å². The highest BCUT2D eigenvalue weighted by Crippen LogP contribution is 2.55. The summed E-state index contributed by atoms with van der Waals surface area (Å²) in [7, 11) is 1.94. The Hall–Kier alpha value is -2.92. The van der Waals surface area contributed by atoms with Crippen LogP contribution in [0.5, 0.6) is 0 Å². The highest BCUT2D eigenvalue weighted by Gasteiger charge is 2.51. The van der Waals surface area contributed by atoms with E-state index < -0.39 is 6.29 Å². The van der Waals surface area contributed by atoms with E-state index in [1.807, 2.05) is 60.1 Å². The summed E-state index contributed by atoms with van der Waals surface area (Å²) in [5.41, 5.74) is 3.91. The molecule has 2 heterocycles. The quantitative estimate of drug-likeness (QED) is 0.281. The number of hydrogen-bond donors (Lipinski definition) is 3. The van der Waals surface area contributed by atoms with Crippen LogP contribution in [0.15, 0.2) is 60.0 Å². The Bertz CT molecular complexity index is 1380. The van der Waals surface area contributed by atoms with E-state index in [4.69, 9.17) is 9.47 Å². The molecule has 3 aromatic rings. The standard InChI is InChI=1S/C33H41N5O4S/c1-38-20-35-37-32(38)43-19-28-13-29(26-6-4-22(18-39)5-7-26)42-30(41-28)27-8-2-21(3-9-27)17-34-31(40)36-33-14-23-10-24(15-33)12-25(11-23)16-33/h2-9,20,23-25,28-30,39H,10-19H2,1H3,(H2,34,36,40). The summed E-state index contributed by atoms with van der Waals surface area (Å²) < 4.78 is 14.9. The number of aryl methyl sites for hydroxylation is 1. The number of rotatable bonds is 9. The molecule has 5 fully saturated rings. The van der Waals surface area contributed by atoms with Gasteiger partial charge in [0.2, 0.25) is 0 Å². The van der Waals surface area contributed by atoms with E-state index in [0.29, 0.717) is 13.0 Å². The number of hydrogen-bond acceptors (Lipinski definition) is 7.